The van der Waals surface area contributed by atoms with E-state index in [1.807, 2.05) is 6.92 Å². The number of rotatable bonds is 6. The van der Waals surface area contributed by atoms with Crippen LogP contribution >= 0.6 is 0 Å². The van der Waals surface area contributed by atoms with Crippen molar-refractivity contribution in [3.05, 3.63) is 48.0 Å². The molecule has 1 aliphatic carbocycles. The fourth-order valence-corrected chi connectivity index (χ4v) is 3.14. The molecule has 1 aromatic carbocycles. The summed E-state index contributed by atoms with van der Waals surface area (Å²) in [5, 5.41) is 12.1. The van der Waals surface area contributed by atoms with E-state index in [-0.39, 0.29) is 18.1 Å². The minimum absolute atomic E-state index is 0.0806. The molecule has 0 atom stereocenters. The smallest absolute Gasteiger partial charge is 0.271 e. The molecule has 0 bridgehead atoms. The van der Waals surface area contributed by atoms with Crippen LogP contribution in [0, 0.1) is 11.3 Å². The highest BCUT2D eigenvalue weighted by Gasteiger charge is 2.24. The van der Waals surface area contributed by atoms with Gasteiger partial charge in [-0.25, -0.2) is 4.98 Å². The molecule has 1 fully saturated rings. The first-order valence-electron chi connectivity index (χ1n) is 9.10. The number of hydrogen-bond acceptors (Lipinski definition) is 6. The second kappa shape index (κ2) is 8.99. The number of nitrogens with zero attached hydrogens (tertiary/aromatic N) is 3. The minimum atomic E-state index is -0.194. The summed E-state index contributed by atoms with van der Waals surface area (Å²) in [5.74, 6) is 1.05. The van der Waals surface area contributed by atoms with E-state index in [2.05, 4.69) is 21.4 Å². The molecule has 7 heteroatoms. The number of carbonyl (C=O) groups excluding carboxylic acids is 1. The molecule has 0 aliphatic heterocycles. The summed E-state index contributed by atoms with van der Waals surface area (Å²) in [6.45, 7) is 2.38. The maximum atomic E-state index is 12.2. The summed E-state index contributed by atoms with van der Waals surface area (Å²) in [6, 6.07) is 7.51. The van der Waals surface area contributed by atoms with Gasteiger partial charge in [0, 0.05) is 24.5 Å². The van der Waals surface area contributed by atoms with Crippen molar-refractivity contribution >= 4 is 5.91 Å². The maximum absolute atomic E-state index is 12.2. The fraction of sp³-hybridized carbons (Fsp3) is 0.400. The highest BCUT2D eigenvalue weighted by Crippen LogP contribution is 2.28. The molecule has 2 aromatic rings. The van der Waals surface area contributed by atoms with Gasteiger partial charge in [0.05, 0.1) is 24.5 Å². The van der Waals surface area contributed by atoms with Gasteiger partial charge in [-0.2, -0.15) is 5.26 Å². The molecule has 1 aliphatic rings. The number of benzene rings is 1. The summed E-state index contributed by atoms with van der Waals surface area (Å²) in [4.78, 5) is 20.1. The van der Waals surface area contributed by atoms with Crippen LogP contribution in [0.1, 0.15) is 48.7 Å². The summed E-state index contributed by atoms with van der Waals surface area (Å²) >= 11 is 0. The van der Waals surface area contributed by atoms with E-state index < -0.39 is 0 Å². The van der Waals surface area contributed by atoms with Crippen molar-refractivity contribution in [3.63, 3.8) is 0 Å². The molecule has 1 saturated carbocycles. The SMILES string of the molecule is CCOc1cc(OC2CCC(NC(=O)c3cnccn3)CC2)ccc1C#N. The van der Waals surface area contributed by atoms with E-state index in [9.17, 15) is 4.79 Å². The first kappa shape index (κ1) is 18.6. The van der Waals surface area contributed by atoms with Gasteiger partial charge in [-0.15, -0.1) is 0 Å². The van der Waals surface area contributed by atoms with E-state index in [0.29, 0.717) is 29.4 Å². The zero-order chi connectivity index (χ0) is 19.1. The Morgan fingerprint density at radius 3 is 2.78 bits per heavy atom. The van der Waals surface area contributed by atoms with Crippen LogP contribution in [-0.2, 0) is 0 Å². The Balaban J connectivity index is 1.52. The number of amides is 1. The second-order valence-corrected chi connectivity index (χ2v) is 6.36. The standard InChI is InChI=1S/C20H22N4O3/c1-2-26-19-11-17(6-3-14(19)12-21)27-16-7-4-15(5-8-16)24-20(25)18-13-22-9-10-23-18/h3,6,9-11,13,15-16H,2,4-5,7-8H2,1H3,(H,24,25). The number of carbonyl (C=O) groups is 1. The highest BCUT2D eigenvalue weighted by molar-refractivity contribution is 5.92. The average molecular weight is 366 g/mol. The monoisotopic (exact) mass is 366 g/mol. The Hall–Kier alpha value is -3.14. The van der Waals surface area contributed by atoms with Crippen molar-refractivity contribution in [3.8, 4) is 17.6 Å². The quantitative estimate of drug-likeness (QED) is 0.844. The molecule has 7 nitrogen and oxygen atoms in total. The lowest BCUT2D eigenvalue weighted by Gasteiger charge is -2.29. The molecule has 0 radical (unpaired) electrons. The topological polar surface area (TPSA) is 97.1 Å². The number of aromatic nitrogens is 2. The summed E-state index contributed by atoms with van der Waals surface area (Å²) in [7, 11) is 0. The van der Waals surface area contributed by atoms with Crippen molar-refractivity contribution in [2.75, 3.05) is 6.61 Å². The predicted molar refractivity (Wildman–Crippen MR) is 98.5 cm³/mol. The molecule has 1 amide bonds. The van der Waals surface area contributed by atoms with Crippen LogP contribution in [0.3, 0.4) is 0 Å². The summed E-state index contributed by atoms with van der Waals surface area (Å²) < 4.78 is 11.6. The van der Waals surface area contributed by atoms with Gasteiger partial charge in [0.15, 0.2) is 0 Å². The number of hydrogen-bond donors (Lipinski definition) is 1. The van der Waals surface area contributed by atoms with Gasteiger partial charge in [0.1, 0.15) is 23.3 Å². The third-order valence-electron chi connectivity index (χ3n) is 4.48. The van der Waals surface area contributed by atoms with Gasteiger partial charge in [0.2, 0.25) is 0 Å². The van der Waals surface area contributed by atoms with Crippen LogP contribution < -0.4 is 14.8 Å². The Labute approximate surface area is 158 Å². The lowest BCUT2D eigenvalue weighted by molar-refractivity contribution is 0.0888. The Morgan fingerprint density at radius 2 is 2.11 bits per heavy atom. The third kappa shape index (κ3) is 4.94. The molecule has 0 unspecified atom stereocenters. The average Bonchev–Trinajstić information content (AvgIpc) is 2.71. The van der Waals surface area contributed by atoms with Gasteiger partial charge >= 0.3 is 0 Å². The highest BCUT2D eigenvalue weighted by atomic mass is 16.5. The van der Waals surface area contributed by atoms with Crippen molar-refractivity contribution in [2.45, 2.75) is 44.8 Å². The molecule has 1 N–H and O–H groups in total. The first-order chi connectivity index (χ1) is 13.2. The van der Waals surface area contributed by atoms with E-state index in [1.54, 1.807) is 24.4 Å². The Bertz CT molecular complexity index is 812. The van der Waals surface area contributed by atoms with Gasteiger partial charge in [-0.1, -0.05) is 0 Å². The largest absolute Gasteiger partial charge is 0.492 e. The van der Waals surface area contributed by atoms with E-state index >= 15 is 0 Å². The lowest BCUT2D eigenvalue weighted by Crippen LogP contribution is -2.40. The normalized spacial score (nSPS) is 19.0. The molecule has 0 spiro atoms. The van der Waals surface area contributed by atoms with Gasteiger partial charge in [-0.3, -0.25) is 9.78 Å². The zero-order valence-electron chi connectivity index (χ0n) is 15.2. The van der Waals surface area contributed by atoms with Crippen LogP contribution in [0.25, 0.3) is 0 Å². The minimum Gasteiger partial charge on any atom is -0.492 e. The molecule has 1 aromatic heterocycles. The Kier molecular flexibility index (Phi) is 6.21. The molecular weight excluding hydrogens is 344 g/mol. The van der Waals surface area contributed by atoms with Crippen LogP contribution in [0.2, 0.25) is 0 Å². The van der Waals surface area contributed by atoms with Crippen molar-refractivity contribution < 1.29 is 14.3 Å². The molecule has 140 valence electrons. The molecular formula is C20H22N4O3. The van der Waals surface area contributed by atoms with E-state index in [4.69, 9.17) is 14.7 Å². The van der Waals surface area contributed by atoms with Crippen LogP contribution in [-0.4, -0.2) is 34.6 Å². The Morgan fingerprint density at radius 1 is 1.30 bits per heavy atom. The van der Waals surface area contributed by atoms with Crippen LogP contribution in [0.5, 0.6) is 11.5 Å². The van der Waals surface area contributed by atoms with Crippen molar-refractivity contribution in [1.82, 2.24) is 15.3 Å². The maximum Gasteiger partial charge on any atom is 0.271 e. The lowest BCUT2D eigenvalue weighted by atomic mass is 9.93. The van der Waals surface area contributed by atoms with Gasteiger partial charge in [0.25, 0.3) is 5.91 Å². The third-order valence-corrected chi connectivity index (χ3v) is 4.48. The van der Waals surface area contributed by atoms with Crippen molar-refractivity contribution in [2.24, 2.45) is 0 Å². The van der Waals surface area contributed by atoms with E-state index in [1.165, 1.54) is 12.4 Å². The van der Waals surface area contributed by atoms with Crippen LogP contribution in [0.4, 0.5) is 0 Å². The molecule has 3 rings (SSSR count). The summed E-state index contributed by atoms with van der Waals surface area (Å²) in [5.41, 5.74) is 0.830. The number of ether oxygens (including phenoxy) is 2. The molecule has 0 saturated heterocycles. The molecule has 1 heterocycles. The van der Waals surface area contributed by atoms with Crippen LogP contribution in [0.15, 0.2) is 36.8 Å². The fourth-order valence-electron chi connectivity index (χ4n) is 3.14. The van der Waals surface area contributed by atoms with Gasteiger partial charge in [-0.05, 0) is 44.7 Å². The zero-order valence-corrected chi connectivity index (χ0v) is 15.2. The predicted octanol–water partition coefficient (Wildman–Crippen LogP) is 2.87. The molecule has 27 heavy (non-hydrogen) atoms. The van der Waals surface area contributed by atoms with Gasteiger partial charge < -0.3 is 14.8 Å². The van der Waals surface area contributed by atoms with E-state index in [0.717, 1.165) is 25.7 Å². The van der Waals surface area contributed by atoms with Crippen molar-refractivity contribution in [1.29, 1.82) is 5.26 Å². The second-order valence-electron chi connectivity index (χ2n) is 6.36. The number of nitriles is 1. The number of nitrogens with one attached hydrogen (secondary N) is 1. The summed E-state index contributed by atoms with van der Waals surface area (Å²) in [6.07, 6.45) is 7.96. The first-order valence-corrected chi connectivity index (χ1v) is 9.10.